The number of rotatable bonds is 9. The van der Waals surface area contributed by atoms with Crippen LogP contribution < -0.4 is 34.6 Å². The number of hydrogen-bond donors (Lipinski definition) is 4. The van der Waals surface area contributed by atoms with E-state index < -0.39 is 10.8 Å². The van der Waals surface area contributed by atoms with Gasteiger partial charge in [-0.2, -0.15) is 0 Å². The van der Waals surface area contributed by atoms with Crippen molar-refractivity contribution in [3.8, 4) is 34.5 Å². The number of para-hydroxylation sites is 4. The van der Waals surface area contributed by atoms with Gasteiger partial charge in [0.2, 0.25) is 0 Å². The highest BCUT2D eigenvalue weighted by Crippen LogP contribution is 2.46. The zero-order valence-electron chi connectivity index (χ0n) is 44.9. The van der Waals surface area contributed by atoms with Gasteiger partial charge in [0.25, 0.3) is 0 Å². The van der Waals surface area contributed by atoms with Crippen LogP contribution in [0.4, 0.5) is 22.7 Å². The Kier molecular flexibility index (Phi) is 16.2. The van der Waals surface area contributed by atoms with Crippen molar-refractivity contribution in [3.63, 3.8) is 0 Å². The average Bonchev–Trinajstić information content (AvgIpc) is 3.71. The second-order valence-electron chi connectivity index (χ2n) is 20.7. The van der Waals surface area contributed by atoms with Crippen LogP contribution in [-0.2, 0) is 30.5 Å². The molecule has 0 fully saturated rings. The second kappa shape index (κ2) is 24.1. The summed E-state index contributed by atoms with van der Waals surface area (Å²) >= 11 is 0. The highest BCUT2D eigenvalue weighted by atomic mass is 16.5. The molecule has 10 aromatic carbocycles. The van der Waals surface area contributed by atoms with Crippen LogP contribution in [0.1, 0.15) is 71.3 Å². The number of nitrogens with zero attached hydrogens (tertiary/aromatic N) is 3. The Morgan fingerprint density at radius 3 is 0.840 bits per heavy atom. The molecule has 0 saturated carbocycles. The molecule has 0 amide bonds. The van der Waals surface area contributed by atoms with E-state index in [1.807, 2.05) is 66.7 Å². The summed E-state index contributed by atoms with van der Waals surface area (Å²) in [7, 11) is 0. The lowest BCUT2D eigenvalue weighted by Crippen LogP contribution is -2.34. The summed E-state index contributed by atoms with van der Waals surface area (Å²) in [5.74, 6) is 3.47. The molecule has 0 bridgehead atoms. The Morgan fingerprint density at radius 1 is 0.333 bits per heavy atom. The van der Waals surface area contributed by atoms with Crippen LogP contribution in [0.15, 0.2) is 249 Å². The molecule has 10 heteroatoms. The molecule has 3 aliphatic rings. The topological polar surface area (TPSA) is 124 Å². The molecule has 3 heterocycles. The lowest BCUT2D eigenvalue weighted by molar-refractivity contribution is 0.288. The standard InChI is InChI=1S/C44H39N3O3.C20H18O3.C6H7N.CH4/c1-44(35-17-20-41-32(23-35)26-45(29-48-41)38-11-5-2-6-12-38,36-18-21-42-33(24-36)27-46(30-49-42)39-13-7-3-8-14-39)37-19-22-43-34(25-37)28-47(31-50-43)40-15-9-4-10-16-40;1-20(14-2-8-17(21)9-3-14,15-4-10-18(22)11-5-15)16-6-12-19(23)13-7-16;7-6-4-2-1-3-5-6;/h2-25H,26-31H2,1H3;2-13,21-23H,1H3;1-5H,7H2;1H4. The molecule has 0 radical (unpaired) electrons. The molecule has 81 heavy (non-hydrogen) atoms. The van der Waals surface area contributed by atoms with Gasteiger partial charge >= 0.3 is 0 Å². The molecule has 0 unspecified atom stereocenters. The van der Waals surface area contributed by atoms with Gasteiger partial charge in [0.15, 0.2) is 20.2 Å². The summed E-state index contributed by atoms with van der Waals surface area (Å²) in [5.41, 5.74) is 18.9. The maximum Gasteiger partial charge on any atom is 0.161 e. The minimum Gasteiger partial charge on any atom is -0.508 e. The minimum absolute atomic E-state index is 0. The van der Waals surface area contributed by atoms with Gasteiger partial charge in [-0.3, -0.25) is 0 Å². The van der Waals surface area contributed by atoms with Crippen molar-refractivity contribution in [1.82, 2.24) is 0 Å². The van der Waals surface area contributed by atoms with Crippen LogP contribution in [0.2, 0.25) is 0 Å². The number of fused-ring (bicyclic) bond motifs is 3. The Balaban J connectivity index is 0.000000196. The molecule has 0 saturated heterocycles. The number of nitrogens with two attached hydrogens (primary N) is 1. The second-order valence-corrected chi connectivity index (χ2v) is 20.7. The zero-order chi connectivity index (χ0) is 55.1. The lowest BCUT2D eigenvalue weighted by atomic mass is 9.70. The highest BCUT2D eigenvalue weighted by Gasteiger charge is 2.36. The van der Waals surface area contributed by atoms with Gasteiger partial charge in [0.05, 0.1) is 0 Å². The van der Waals surface area contributed by atoms with Gasteiger partial charge in [0, 0.05) is 69.9 Å². The third-order valence-corrected chi connectivity index (χ3v) is 15.6. The van der Waals surface area contributed by atoms with Gasteiger partial charge in [-0.1, -0.05) is 135 Å². The minimum atomic E-state index is -0.488. The van der Waals surface area contributed by atoms with Crippen LogP contribution in [0.3, 0.4) is 0 Å². The van der Waals surface area contributed by atoms with Gasteiger partial charge in [0.1, 0.15) is 34.5 Å². The quantitative estimate of drug-likeness (QED) is 0.0820. The van der Waals surface area contributed by atoms with E-state index in [1.54, 1.807) is 36.4 Å². The molecule has 0 aromatic heterocycles. The SMILES string of the molecule is C.CC(c1ccc(O)cc1)(c1ccc(O)cc1)c1ccc(O)cc1.CC(c1ccc2c(c1)CN(c1ccccc1)CO2)(c1ccc2c(c1)CN(c1ccccc1)CO2)c1ccc2c(c1)CN(c1ccccc1)CO2.Nc1ccccc1. The van der Waals surface area contributed by atoms with Gasteiger partial charge in [-0.15, -0.1) is 0 Å². The molecule has 10 aromatic rings. The van der Waals surface area contributed by atoms with Crippen molar-refractivity contribution < 1.29 is 29.5 Å². The molecule has 3 aliphatic heterocycles. The van der Waals surface area contributed by atoms with Crippen molar-refractivity contribution in [1.29, 1.82) is 0 Å². The third-order valence-electron chi connectivity index (χ3n) is 15.6. The molecule has 0 spiro atoms. The number of aromatic hydroxyl groups is 3. The smallest absolute Gasteiger partial charge is 0.161 e. The fraction of sp³-hybridized carbons (Fsp3) is 0.155. The Bertz CT molecular complexity index is 3310. The summed E-state index contributed by atoms with van der Waals surface area (Å²) in [4.78, 5) is 6.85. The molecule has 0 aliphatic carbocycles. The number of hydrogen-bond acceptors (Lipinski definition) is 10. The van der Waals surface area contributed by atoms with Crippen LogP contribution >= 0.6 is 0 Å². The fourth-order valence-corrected chi connectivity index (χ4v) is 10.9. The Morgan fingerprint density at radius 2 is 0.580 bits per heavy atom. The number of phenols is 3. The summed E-state index contributed by atoms with van der Waals surface area (Å²) in [6.45, 7) is 8.34. The molecule has 408 valence electrons. The monoisotopic (exact) mass is 1070 g/mol. The Hall–Kier alpha value is -9.80. The summed E-state index contributed by atoms with van der Waals surface area (Å²) < 4.78 is 18.9. The van der Waals surface area contributed by atoms with E-state index in [-0.39, 0.29) is 24.7 Å². The molecule has 0 atom stereocenters. The highest BCUT2D eigenvalue weighted by molar-refractivity contribution is 5.61. The van der Waals surface area contributed by atoms with Crippen molar-refractivity contribution in [2.75, 3.05) is 40.6 Å². The van der Waals surface area contributed by atoms with Crippen molar-refractivity contribution in [3.05, 3.63) is 299 Å². The maximum atomic E-state index is 9.57. The zero-order valence-corrected chi connectivity index (χ0v) is 44.9. The van der Waals surface area contributed by atoms with Crippen molar-refractivity contribution in [2.45, 2.75) is 51.7 Å². The summed E-state index contributed by atoms with van der Waals surface area (Å²) in [5, 5.41) is 28.7. The first-order valence-corrected chi connectivity index (χ1v) is 26.9. The molecule has 5 N–H and O–H groups in total. The lowest BCUT2D eigenvalue weighted by Gasteiger charge is -2.37. The van der Waals surface area contributed by atoms with E-state index in [4.69, 9.17) is 19.9 Å². The number of phenolic OH excluding ortho intramolecular Hbond substituents is 3. The molecular formula is C71H68N4O6. The number of ether oxygens (including phenoxy) is 3. The van der Waals surface area contributed by atoms with Crippen LogP contribution in [0, 0.1) is 0 Å². The van der Waals surface area contributed by atoms with Crippen LogP contribution in [0.5, 0.6) is 34.5 Å². The van der Waals surface area contributed by atoms with Gasteiger partial charge in [-0.05, 0) is 169 Å². The van der Waals surface area contributed by atoms with E-state index in [9.17, 15) is 15.3 Å². The largest absolute Gasteiger partial charge is 0.508 e. The van der Waals surface area contributed by atoms with E-state index in [0.717, 1.165) is 76.3 Å². The number of anilines is 4. The first-order chi connectivity index (χ1) is 39.0. The fourth-order valence-electron chi connectivity index (χ4n) is 10.9. The van der Waals surface area contributed by atoms with Crippen molar-refractivity contribution in [2.24, 2.45) is 0 Å². The third kappa shape index (κ3) is 11.8. The normalized spacial score (nSPS) is 13.3. The van der Waals surface area contributed by atoms with Crippen LogP contribution in [0.25, 0.3) is 0 Å². The molecular weight excluding hydrogens is 1000 g/mol. The maximum absolute atomic E-state index is 9.57. The number of nitrogen functional groups attached to an aromatic ring is 1. The molecule has 10 nitrogen and oxygen atoms in total. The molecule has 13 rings (SSSR count). The van der Waals surface area contributed by atoms with Crippen LogP contribution in [-0.4, -0.2) is 35.5 Å². The van der Waals surface area contributed by atoms with Gasteiger partial charge in [-0.25, -0.2) is 0 Å². The van der Waals surface area contributed by atoms with Gasteiger partial charge < -0.3 is 50.0 Å². The van der Waals surface area contributed by atoms with E-state index >= 15 is 0 Å². The number of benzene rings is 10. The average molecular weight is 1070 g/mol. The van der Waals surface area contributed by atoms with E-state index in [1.165, 1.54) is 33.4 Å². The first-order valence-electron chi connectivity index (χ1n) is 26.9. The van der Waals surface area contributed by atoms with E-state index in [0.29, 0.717) is 20.2 Å². The predicted octanol–water partition coefficient (Wildman–Crippen LogP) is 15.2. The van der Waals surface area contributed by atoms with E-state index in [2.05, 4.69) is 174 Å². The van der Waals surface area contributed by atoms with Crippen molar-refractivity contribution >= 4 is 22.7 Å². The predicted molar refractivity (Wildman–Crippen MR) is 327 cm³/mol. The summed E-state index contributed by atoms with van der Waals surface area (Å²) in [6, 6.07) is 82.5. The first kappa shape index (κ1) is 54.6. The Labute approximate surface area is 475 Å². The summed E-state index contributed by atoms with van der Waals surface area (Å²) in [6.07, 6.45) is 0.